The fourth-order valence-corrected chi connectivity index (χ4v) is 3.57. The van der Waals surface area contributed by atoms with Crippen LogP contribution in [0.15, 0.2) is 42.9 Å². The monoisotopic (exact) mass is 349 g/mol. The molecule has 3 heterocycles. The first kappa shape index (κ1) is 16.6. The van der Waals surface area contributed by atoms with Gasteiger partial charge in [-0.1, -0.05) is 18.2 Å². The highest BCUT2D eigenvalue weighted by Crippen LogP contribution is 2.20. The molecule has 26 heavy (non-hydrogen) atoms. The molecule has 1 aliphatic heterocycles. The molecule has 2 N–H and O–H groups in total. The fourth-order valence-electron chi connectivity index (χ4n) is 3.57. The van der Waals surface area contributed by atoms with Crippen molar-refractivity contribution in [3.8, 4) is 0 Å². The largest absolute Gasteiger partial charge is 0.367 e. The molecule has 0 spiro atoms. The number of nitrogens with one attached hydrogen (secondary N) is 2. The molecular formula is C20H23N5O. The average molecular weight is 349 g/mol. The van der Waals surface area contributed by atoms with E-state index in [9.17, 15) is 4.79 Å². The fraction of sp³-hybridized carbons (Fsp3) is 0.350. The number of anilines is 1. The van der Waals surface area contributed by atoms with Gasteiger partial charge in [-0.15, -0.1) is 0 Å². The molecule has 1 fully saturated rings. The molecule has 1 amide bonds. The van der Waals surface area contributed by atoms with Crippen LogP contribution in [0.25, 0.3) is 10.9 Å². The number of nitrogens with zero attached hydrogens (tertiary/aromatic N) is 3. The van der Waals surface area contributed by atoms with Crippen LogP contribution in [0.1, 0.15) is 24.1 Å². The number of piperidine rings is 1. The molecule has 6 heteroatoms. The Morgan fingerprint density at radius 1 is 1.27 bits per heavy atom. The van der Waals surface area contributed by atoms with Gasteiger partial charge in [0.2, 0.25) is 5.91 Å². The second-order valence-electron chi connectivity index (χ2n) is 6.88. The number of carbonyl (C=O) groups is 1. The minimum absolute atomic E-state index is 0.200. The molecule has 3 aromatic rings. The highest BCUT2D eigenvalue weighted by Gasteiger charge is 2.23. The number of aryl methyl sites for hydroxylation is 1. The Bertz CT molecular complexity index is 911. The maximum atomic E-state index is 12.7. The molecule has 1 aromatic carbocycles. The average Bonchev–Trinajstić information content (AvgIpc) is 3.05. The normalized spacial score (nSPS) is 15.3. The minimum atomic E-state index is 0.200. The lowest BCUT2D eigenvalue weighted by Gasteiger charge is -2.32. The molecule has 0 saturated carbocycles. The number of aromatic nitrogens is 3. The van der Waals surface area contributed by atoms with E-state index < -0.39 is 0 Å². The highest BCUT2D eigenvalue weighted by molar-refractivity contribution is 5.88. The number of para-hydroxylation sites is 1. The lowest BCUT2D eigenvalue weighted by Crippen LogP contribution is -2.43. The van der Waals surface area contributed by atoms with E-state index in [0.717, 1.165) is 53.9 Å². The van der Waals surface area contributed by atoms with Crippen LogP contribution in [0.4, 0.5) is 5.82 Å². The third-order valence-corrected chi connectivity index (χ3v) is 5.02. The van der Waals surface area contributed by atoms with Gasteiger partial charge in [-0.3, -0.25) is 4.79 Å². The SMILES string of the molecule is Cc1cc(NC2CCN(C(=O)Cc3c[nH]c4ccccc34)CC2)ncn1. The van der Waals surface area contributed by atoms with Gasteiger partial charge >= 0.3 is 0 Å². The van der Waals surface area contributed by atoms with E-state index in [0.29, 0.717) is 12.5 Å². The predicted octanol–water partition coefficient (Wildman–Crippen LogP) is 2.91. The van der Waals surface area contributed by atoms with Crippen LogP contribution >= 0.6 is 0 Å². The van der Waals surface area contributed by atoms with Gasteiger partial charge in [0.25, 0.3) is 0 Å². The first-order valence-electron chi connectivity index (χ1n) is 9.07. The number of H-pyrrole nitrogens is 1. The van der Waals surface area contributed by atoms with Crippen LogP contribution in [0.3, 0.4) is 0 Å². The zero-order valence-electron chi connectivity index (χ0n) is 14.9. The van der Waals surface area contributed by atoms with E-state index in [4.69, 9.17) is 0 Å². The number of amides is 1. The number of rotatable bonds is 4. The van der Waals surface area contributed by atoms with E-state index >= 15 is 0 Å². The van der Waals surface area contributed by atoms with Crippen molar-refractivity contribution in [1.82, 2.24) is 19.9 Å². The van der Waals surface area contributed by atoms with E-state index in [1.807, 2.05) is 42.3 Å². The van der Waals surface area contributed by atoms with Crippen molar-refractivity contribution in [2.45, 2.75) is 32.2 Å². The maximum absolute atomic E-state index is 12.7. The van der Waals surface area contributed by atoms with E-state index in [-0.39, 0.29) is 5.91 Å². The van der Waals surface area contributed by atoms with Crippen LogP contribution < -0.4 is 5.32 Å². The first-order valence-corrected chi connectivity index (χ1v) is 9.07. The lowest BCUT2D eigenvalue weighted by molar-refractivity contribution is -0.131. The molecule has 1 saturated heterocycles. The Balaban J connectivity index is 1.33. The van der Waals surface area contributed by atoms with Gasteiger partial charge in [0.05, 0.1) is 6.42 Å². The number of likely N-dealkylation sites (tertiary alicyclic amines) is 1. The summed E-state index contributed by atoms with van der Waals surface area (Å²) in [4.78, 5) is 26.3. The van der Waals surface area contributed by atoms with Crippen molar-refractivity contribution in [1.29, 1.82) is 0 Å². The Hall–Kier alpha value is -2.89. The first-order chi connectivity index (χ1) is 12.7. The quantitative estimate of drug-likeness (QED) is 0.759. The van der Waals surface area contributed by atoms with E-state index in [1.165, 1.54) is 0 Å². The molecule has 1 aliphatic rings. The van der Waals surface area contributed by atoms with Crippen molar-refractivity contribution < 1.29 is 4.79 Å². The van der Waals surface area contributed by atoms with Gasteiger partial charge in [0, 0.05) is 48.0 Å². The van der Waals surface area contributed by atoms with Crippen molar-refractivity contribution in [2.75, 3.05) is 18.4 Å². The zero-order chi connectivity index (χ0) is 17.9. The summed E-state index contributed by atoms with van der Waals surface area (Å²) in [6.07, 6.45) is 5.85. The number of hydrogen-bond acceptors (Lipinski definition) is 4. The lowest BCUT2D eigenvalue weighted by atomic mass is 10.0. The molecule has 0 bridgehead atoms. The van der Waals surface area contributed by atoms with Crippen molar-refractivity contribution in [3.63, 3.8) is 0 Å². The summed E-state index contributed by atoms with van der Waals surface area (Å²) in [6, 6.07) is 10.4. The molecule has 6 nitrogen and oxygen atoms in total. The summed E-state index contributed by atoms with van der Waals surface area (Å²) in [7, 11) is 0. The molecule has 0 atom stereocenters. The Kier molecular flexibility index (Phi) is 4.56. The summed E-state index contributed by atoms with van der Waals surface area (Å²) < 4.78 is 0. The van der Waals surface area contributed by atoms with Gasteiger partial charge in [0.15, 0.2) is 0 Å². The third kappa shape index (κ3) is 3.54. The molecule has 0 unspecified atom stereocenters. The van der Waals surface area contributed by atoms with Gasteiger partial charge < -0.3 is 15.2 Å². The van der Waals surface area contributed by atoms with Gasteiger partial charge in [0.1, 0.15) is 12.1 Å². The van der Waals surface area contributed by atoms with Gasteiger partial charge in [-0.2, -0.15) is 0 Å². The number of fused-ring (bicyclic) bond motifs is 1. The summed E-state index contributed by atoms with van der Waals surface area (Å²) in [6.45, 7) is 3.52. The number of hydrogen-bond donors (Lipinski definition) is 2. The van der Waals surface area contributed by atoms with Gasteiger partial charge in [-0.05, 0) is 31.4 Å². The molecule has 4 rings (SSSR count). The van der Waals surface area contributed by atoms with Crippen molar-refractivity contribution in [3.05, 3.63) is 54.1 Å². The van der Waals surface area contributed by atoms with Crippen molar-refractivity contribution in [2.24, 2.45) is 0 Å². The van der Waals surface area contributed by atoms with Crippen LogP contribution in [-0.2, 0) is 11.2 Å². The minimum Gasteiger partial charge on any atom is -0.367 e. The molecular weight excluding hydrogens is 326 g/mol. The Morgan fingerprint density at radius 3 is 2.88 bits per heavy atom. The number of carbonyl (C=O) groups excluding carboxylic acids is 1. The standard InChI is InChI=1S/C20H23N5O/c1-14-10-19(23-13-22-14)24-16-6-8-25(9-7-16)20(26)11-15-12-21-18-5-3-2-4-17(15)18/h2-5,10,12-13,16,21H,6-9,11H2,1H3,(H,22,23,24). The summed E-state index contributed by atoms with van der Waals surface area (Å²) in [5.74, 6) is 1.06. The van der Waals surface area contributed by atoms with Crippen LogP contribution in [0.2, 0.25) is 0 Å². The number of aromatic amines is 1. The van der Waals surface area contributed by atoms with E-state index in [1.54, 1.807) is 6.33 Å². The summed E-state index contributed by atoms with van der Waals surface area (Å²) >= 11 is 0. The van der Waals surface area contributed by atoms with Crippen LogP contribution in [0.5, 0.6) is 0 Å². The second-order valence-corrected chi connectivity index (χ2v) is 6.88. The van der Waals surface area contributed by atoms with Crippen molar-refractivity contribution >= 4 is 22.6 Å². The topological polar surface area (TPSA) is 73.9 Å². The second kappa shape index (κ2) is 7.15. The van der Waals surface area contributed by atoms with Crippen LogP contribution in [0, 0.1) is 6.92 Å². The van der Waals surface area contributed by atoms with Crippen LogP contribution in [-0.4, -0.2) is 44.9 Å². The van der Waals surface area contributed by atoms with E-state index in [2.05, 4.69) is 26.3 Å². The molecule has 2 aromatic heterocycles. The summed E-state index contributed by atoms with van der Waals surface area (Å²) in [5, 5.41) is 4.59. The zero-order valence-corrected chi connectivity index (χ0v) is 14.9. The maximum Gasteiger partial charge on any atom is 0.227 e. The third-order valence-electron chi connectivity index (χ3n) is 5.02. The summed E-state index contributed by atoms with van der Waals surface area (Å²) in [5.41, 5.74) is 3.11. The Morgan fingerprint density at radius 2 is 2.08 bits per heavy atom. The molecule has 0 aliphatic carbocycles. The molecule has 134 valence electrons. The van der Waals surface area contributed by atoms with Gasteiger partial charge in [-0.25, -0.2) is 9.97 Å². The number of benzene rings is 1. The highest BCUT2D eigenvalue weighted by atomic mass is 16.2. The Labute approximate surface area is 152 Å². The predicted molar refractivity (Wildman–Crippen MR) is 102 cm³/mol. The molecule has 0 radical (unpaired) electrons. The smallest absolute Gasteiger partial charge is 0.227 e.